The summed E-state index contributed by atoms with van der Waals surface area (Å²) in [5.74, 6) is -0.719. The quantitative estimate of drug-likeness (QED) is 0.349. The number of aromatic hydroxyl groups is 2. The smallest absolute Gasteiger partial charge is 0.417 e. The lowest BCUT2D eigenvalue weighted by atomic mass is 9.97. The van der Waals surface area contributed by atoms with Gasteiger partial charge in [0.2, 0.25) is 5.88 Å². The van der Waals surface area contributed by atoms with Crippen molar-refractivity contribution >= 4 is 39.0 Å². The van der Waals surface area contributed by atoms with Crippen molar-refractivity contribution in [2.45, 2.75) is 6.18 Å². The second kappa shape index (κ2) is 8.90. The molecular formula is C24H22F3N5O2S. The number of halogens is 3. The first-order valence-corrected chi connectivity index (χ1v) is 11.7. The van der Waals surface area contributed by atoms with E-state index in [1.54, 1.807) is 24.4 Å². The van der Waals surface area contributed by atoms with E-state index in [0.29, 0.717) is 27.2 Å². The van der Waals surface area contributed by atoms with Gasteiger partial charge in [0.25, 0.3) is 0 Å². The number of anilines is 1. The monoisotopic (exact) mass is 501 g/mol. The van der Waals surface area contributed by atoms with Crippen molar-refractivity contribution in [2.75, 3.05) is 38.1 Å². The number of phenolic OH excluding ortho intramolecular Hbond substituents is 1. The summed E-state index contributed by atoms with van der Waals surface area (Å²) in [5.41, 5.74) is 0.665. The molecule has 0 unspecified atom stereocenters. The van der Waals surface area contributed by atoms with Crippen LogP contribution in [0.4, 0.5) is 18.3 Å². The summed E-state index contributed by atoms with van der Waals surface area (Å²) in [7, 11) is 2.03. The van der Waals surface area contributed by atoms with Crippen molar-refractivity contribution in [3.63, 3.8) is 0 Å². The third-order valence-electron chi connectivity index (χ3n) is 6.01. The molecular weight excluding hydrogens is 479 g/mol. The van der Waals surface area contributed by atoms with Crippen molar-refractivity contribution in [2.24, 2.45) is 0 Å². The molecule has 2 aromatic heterocycles. The maximum absolute atomic E-state index is 13.8. The van der Waals surface area contributed by atoms with Gasteiger partial charge in [-0.25, -0.2) is 0 Å². The molecule has 0 aliphatic carbocycles. The van der Waals surface area contributed by atoms with Crippen LogP contribution in [0, 0.1) is 0 Å². The number of nitrogens with one attached hydrogen (secondary N) is 1. The lowest BCUT2D eigenvalue weighted by Gasteiger charge is -2.31. The second-order valence-electron chi connectivity index (χ2n) is 8.44. The molecule has 0 amide bonds. The minimum atomic E-state index is -4.68. The predicted molar refractivity (Wildman–Crippen MR) is 130 cm³/mol. The number of H-pyrrole nitrogens is 1. The topological polar surface area (TPSA) is 88.5 Å². The summed E-state index contributed by atoms with van der Waals surface area (Å²) in [5, 5.41) is 28.8. The summed E-state index contributed by atoms with van der Waals surface area (Å²) in [6.45, 7) is 3.16. The first kappa shape index (κ1) is 23.2. The van der Waals surface area contributed by atoms with Gasteiger partial charge in [-0.2, -0.15) is 23.3 Å². The number of phenols is 1. The van der Waals surface area contributed by atoms with Gasteiger partial charge in [0.05, 0.1) is 17.3 Å². The molecule has 1 fully saturated rings. The molecule has 0 spiro atoms. The zero-order valence-electron chi connectivity index (χ0n) is 18.7. The molecule has 1 aliphatic rings. The number of piperazine rings is 1. The summed E-state index contributed by atoms with van der Waals surface area (Å²) >= 11 is 1.24. The van der Waals surface area contributed by atoms with E-state index in [-0.39, 0.29) is 11.4 Å². The number of aromatic amines is 1. The number of thiazole rings is 1. The molecule has 4 aromatic rings. The van der Waals surface area contributed by atoms with Crippen molar-refractivity contribution in [1.29, 1.82) is 0 Å². The number of rotatable bonds is 4. The molecule has 182 valence electrons. The third-order valence-corrected chi connectivity index (χ3v) is 7.15. The largest absolute Gasteiger partial charge is 0.508 e. The number of nitrogens with zero attached hydrogens (tertiary/aromatic N) is 4. The van der Waals surface area contributed by atoms with Gasteiger partial charge < -0.3 is 20.0 Å². The van der Waals surface area contributed by atoms with E-state index < -0.39 is 17.5 Å². The van der Waals surface area contributed by atoms with Crippen LogP contribution >= 0.6 is 11.3 Å². The molecule has 3 heterocycles. The zero-order chi connectivity index (χ0) is 24.7. The summed E-state index contributed by atoms with van der Waals surface area (Å²) in [6, 6.07) is 8.47. The molecule has 1 aliphatic heterocycles. The second-order valence-corrected chi connectivity index (χ2v) is 9.42. The number of aromatic nitrogens is 3. The molecule has 5 rings (SSSR count). The molecule has 11 heteroatoms. The number of likely N-dealkylation sites (N-methyl/N-ethyl adjacent to an activating group) is 1. The zero-order valence-corrected chi connectivity index (χ0v) is 19.5. The SMILES string of the molecule is CN1CCN(c2nc(O)c(C(=Cc3ccc(O)cc3C(F)(F)F)c3ccc4[nH]ncc4c3)s2)CC1. The van der Waals surface area contributed by atoms with Crippen LogP contribution in [0.25, 0.3) is 22.6 Å². The molecule has 1 saturated heterocycles. The molecule has 0 saturated carbocycles. The van der Waals surface area contributed by atoms with E-state index in [9.17, 15) is 23.4 Å². The van der Waals surface area contributed by atoms with Crippen LogP contribution in [0.15, 0.2) is 42.6 Å². The average Bonchev–Trinajstić information content (AvgIpc) is 3.44. The minimum Gasteiger partial charge on any atom is -0.508 e. The fraction of sp³-hybridized carbons (Fsp3) is 0.250. The number of alkyl halides is 3. The normalized spacial score (nSPS) is 15.8. The Hall–Kier alpha value is -3.57. The van der Waals surface area contributed by atoms with E-state index in [0.717, 1.165) is 37.1 Å². The van der Waals surface area contributed by atoms with Gasteiger partial charge in [0, 0.05) is 37.1 Å². The highest BCUT2D eigenvalue weighted by Crippen LogP contribution is 2.42. The van der Waals surface area contributed by atoms with Gasteiger partial charge in [-0.1, -0.05) is 23.5 Å². The average molecular weight is 502 g/mol. The van der Waals surface area contributed by atoms with Gasteiger partial charge in [-0.05, 0) is 48.5 Å². The number of hydrogen-bond acceptors (Lipinski definition) is 7. The first-order valence-electron chi connectivity index (χ1n) is 10.9. The van der Waals surface area contributed by atoms with E-state index in [1.165, 1.54) is 29.5 Å². The van der Waals surface area contributed by atoms with Crippen LogP contribution in [0.1, 0.15) is 21.6 Å². The van der Waals surface area contributed by atoms with E-state index in [2.05, 4.69) is 25.0 Å². The Morgan fingerprint density at radius 1 is 1.09 bits per heavy atom. The number of fused-ring (bicyclic) bond motifs is 1. The minimum absolute atomic E-state index is 0.133. The number of benzene rings is 2. The lowest BCUT2D eigenvalue weighted by molar-refractivity contribution is -0.137. The molecule has 2 aromatic carbocycles. The summed E-state index contributed by atoms with van der Waals surface area (Å²) in [6.07, 6.45) is -1.67. The van der Waals surface area contributed by atoms with Crippen LogP contribution in [0.3, 0.4) is 0 Å². The van der Waals surface area contributed by atoms with Gasteiger partial charge in [-0.3, -0.25) is 5.10 Å². The van der Waals surface area contributed by atoms with Gasteiger partial charge in [0.1, 0.15) is 10.6 Å². The standard InChI is InChI=1S/C24H22F3N5O2S/c1-31-6-8-32(9-7-31)23-29-22(34)21(35-23)18(14-3-5-20-16(10-14)13-28-30-20)11-15-2-4-17(33)12-19(15)24(25,26)27/h2-5,10-13,33-34H,6-9H2,1H3,(H,28,30). The van der Waals surface area contributed by atoms with Crippen LogP contribution in [0.2, 0.25) is 0 Å². The first-order chi connectivity index (χ1) is 16.7. The van der Waals surface area contributed by atoms with E-state index >= 15 is 0 Å². The maximum atomic E-state index is 13.8. The maximum Gasteiger partial charge on any atom is 0.417 e. The van der Waals surface area contributed by atoms with E-state index in [1.807, 2.05) is 7.05 Å². The van der Waals surface area contributed by atoms with Gasteiger partial charge >= 0.3 is 6.18 Å². The number of hydrogen-bond donors (Lipinski definition) is 3. The molecule has 0 bridgehead atoms. The Kier molecular flexibility index (Phi) is 5.89. The summed E-state index contributed by atoms with van der Waals surface area (Å²) in [4.78, 5) is 8.97. The fourth-order valence-electron chi connectivity index (χ4n) is 4.07. The van der Waals surface area contributed by atoms with E-state index in [4.69, 9.17) is 0 Å². The van der Waals surface area contributed by atoms with Crippen LogP contribution in [-0.2, 0) is 6.18 Å². The van der Waals surface area contributed by atoms with Crippen LogP contribution in [0.5, 0.6) is 11.6 Å². The Morgan fingerprint density at radius 2 is 1.86 bits per heavy atom. The Labute approximate surface area is 202 Å². The van der Waals surface area contributed by atoms with Crippen molar-refractivity contribution in [3.8, 4) is 11.6 Å². The highest BCUT2D eigenvalue weighted by atomic mass is 32.1. The predicted octanol–water partition coefficient (Wildman–Crippen LogP) is 4.79. The van der Waals surface area contributed by atoms with Crippen molar-refractivity contribution in [3.05, 3.63) is 64.2 Å². The molecule has 3 N–H and O–H groups in total. The Bertz CT molecular complexity index is 1400. The van der Waals surface area contributed by atoms with Crippen molar-refractivity contribution < 1.29 is 23.4 Å². The third kappa shape index (κ3) is 4.69. The molecule has 7 nitrogen and oxygen atoms in total. The fourth-order valence-corrected chi connectivity index (χ4v) is 5.12. The van der Waals surface area contributed by atoms with Crippen LogP contribution < -0.4 is 4.90 Å². The van der Waals surface area contributed by atoms with Crippen molar-refractivity contribution in [1.82, 2.24) is 20.1 Å². The van der Waals surface area contributed by atoms with Crippen LogP contribution in [-0.4, -0.2) is 63.5 Å². The molecule has 0 atom stereocenters. The highest BCUT2D eigenvalue weighted by Gasteiger charge is 2.33. The van der Waals surface area contributed by atoms with Gasteiger partial charge in [0.15, 0.2) is 5.13 Å². The Balaban J connectivity index is 1.66. The Morgan fingerprint density at radius 3 is 2.60 bits per heavy atom. The molecule has 0 radical (unpaired) electrons. The highest BCUT2D eigenvalue weighted by molar-refractivity contribution is 7.17. The summed E-state index contributed by atoms with van der Waals surface area (Å²) < 4.78 is 41.4. The van der Waals surface area contributed by atoms with Gasteiger partial charge in [-0.15, -0.1) is 0 Å². The molecule has 35 heavy (non-hydrogen) atoms. The lowest BCUT2D eigenvalue weighted by Crippen LogP contribution is -2.44.